The summed E-state index contributed by atoms with van der Waals surface area (Å²) in [5, 5.41) is 7.11. The Morgan fingerprint density at radius 1 is 1.32 bits per heavy atom. The van der Waals surface area contributed by atoms with Crippen LogP contribution in [-0.2, 0) is 11.3 Å². The molecule has 1 aromatic carbocycles. The molecule has 1 fully saturated rings. The molecule has 0 aromatic heterocycles. The number of nitrogens with zero attached hydrogens (tertiary/aromatic N) is 2. The molecule has 1 aliphatic rings. The van der Waals surface area contributed by atoms with Crippen LogP contribution in [0.1, 0.15) is 25.3 Å². The lowest BCUT2D eigenvalue weighted by Gasteiger charge is -2.22. The summed E-state index contributed by atoms with van der Waals surface area (Å²) in [6.07, 6.45) is 2.56. The molecule has 1 heterocycles. The highest BCUT2D eigenvalue weighted by Crippen LogP contribution is 2.25. The molecule has 1 unspecified atom stereocenters. The number of aliphatic imine (C=N–C) groups is 1. The molecule has 5 nitrogen and oxygen atoms in total. The van der Waals surface area contributed by atoms with Gasteiger partial charge >= 0.3 is 0 Å². The van der Waals surface area contributed by atoms with Crippen molar-refractivity contribution in [3.8, 4) is 0 Å². The van der Waals surface area contributed by atoms with Crippen LogP contribution in [0.5, 0.6) is 0 Å². The first-order chi connectivity index (χ1) is 11.7. The van der Waals surface area contributed by atoms with E-state index in [-0.39, 0.29) is 36.4 Å². The van der Waals surface area contributed by atoms with Gasteiger partial charge in [0.1, 0.15) is 0 Å². The lowest BCUT2D eigenvalue weighted by atomic mass is 10.2. The molecule has 1 saturated heterocycles. The van der Waals surface area contributed by atoms with E-state index < -0.39 is 0 Å². The van der Waals surface area contributed by atoms with Gasteiger partial charge in [-0.05, 0) is 31.1 Å². The van der Waals surface area contributed by atoms with Crippen LogP contribution in [-0.4, -0.2) is 54.5 Å². The van der Waals surface area contributed by atoms with Gasteiger partial charge in [-0.2, -0.15) is 11.8 Å². The second-order valence-corrected chi connectivity index (χ2v) is 7.24. The molecule has 1 amide bonds. The molecule has 140 valence electrons. The van der Waals surface area contributed by atoms with E-state index in [0.717, 1.165) is 12.1 Å². The van der Waals surface area contributed by atoms with Crippen molar-refractivity contribution < 1.29 is 4.79 Å². The smallest absolute Gasteiger partial charge is 0.242 e. The van der Waals surface area contributed by atoms with Crippen LogP contribution in [0.15, 0.2) is 35.3 Å². The van der Waals surface area contributed by atoms with Crippen molar-refractivity contribution in [1.29, 1.82) is 0 Å². The third kappa shape index (κ3) is 7.85. The quantitative estimate of drug-likeness (QED) is 0.361. The van der Waals surface area contributed by atoms with Gasteiger partial charge in [0.25, 0.3) is 0 Å². The Morgan fingerprint density at radius 2 is 2.08 bits per heavy atom. The number of halogens is 1. The first-order valence-corrected chi connectivity index (χ1v) is 9.65. The van der Waals surface area contributed by atoms with Crippen molar-refractivity contribution in [3.63, 3.8) is 0 Å². The average Bonchev–Trinajstić information content (AvgIpc) is 3.14. The summed E-state index contributed by atoms with van der Waals surface area (Å²) in [5.74, 6) is 2.04. The standard InChI is InChI=1S/C18H28N4OS.HI/c1-3-22(14-15-8-5-4-6-9-15)17(23)13-21-18(19-2)20-12-16-10-7-11-24-16;/h4-6,8-9,16H,3,7,10-14H2,1-2H3,(H2,19,20,21);1H. The Morgan fingerprint density at radius 3 is 2.68 bits per heavy atom. The van der Waals surface area contributed by atoms with Crippen molar-refractivity contribution in [2.24, 2.45) is 4.99 Å². The van der Waals surface area contributed by atoms with E-state index in [4.69, 9.17) is 0 Å². The number of likely N-dealkylation sites (N-methyl/N-ethyl adjacent to an activating group) is 1. The molecule has 7 heteroatoms. The Balaban J connectivity index is 0.00000312. The monoisotopic (exact) mass is 476 g/mol. The molecule has 0 spiro atoms. The van der Waals surface area contributed by atoms with Gasteiger partial charge < -0.3 is 15.5 Å². The predicted molar refractivity (Wildman–Crippen MR) is 118 cm³/mol. The van der Waals surface area contributed by atoms with Gasteiger partial charge in [-0.15, -0.1) is 24.0 Å². The van der Waals surface area contributed by atoms with Crippen LogP contribution >= 0.6 is 35.7 Å². The molecule has 1 aromatic rings. The molecule has 2 rings (SSSR count). The van der Waals surface area contributed by atoms with Crippen molar-refractivity contribution >= 4 is 47.6 Å². The number of rotatable bonds is 7. The van der Waals surface area contributed by atoms with Crippen LogP contribution in [0.2, 0.25) is 0 Å². The van der Waals surface area contributed by atoms with E-state index in [2.05, 4.69) is 15.6 Å². The van der Waals surface area contributed by atoms with Crippen LogP contribution in [0.4, 0.5) is 0 Å². The maximum absolute atomic E-state index is 12.4. The number of nitrogens with one attached hydrogen (secondary N) is 2. The normalized spacial score (nSPS) is 16.9. The van der Waals surface area contributed by atoms with E-state index in [1.54, 1.807) is 7.05 Å². The minimum atomic E-state index is 0. The Labute approximate surface area is 172 Å². The lowest BCUT2D eigenvalue weighted by molar-refractivity contribution is -0.130. The summed E-state index contributed by atoms with van der Waals surface area (Å²) < 4.78 is 0. The van der Waals surface area contributed by atoms with Crippen molar-refractivity contribution in [3.05, 3.63) is 35.9 Å². The van der Waals surface area contributed by atoms with Gasteiger partial charge in [0.2, 0.25) is 5.91 Å². The first-order valence-electron chi connectivity index (χ1n) is 8.60. The number of carbonyl (C=O) groups excluding carboxylic acids is 1. The fraction of sp³-hybridized carbons (Fsp3) is 0.556. The summed E-state index contributed by atoms with van der Waals surface area (Å²) >= 11 is 2.01. The van der Waals surface area contributed by atoms with Gasteiger partial charge in [-0.1, -0.05) is 30.3 Å². The number of hydrogen-bond donors (Lipinski definition) is 2. The molecule has 1 aliphatic heterocycles. The van der Waals surface area contributed by atoms with Crippen LogP contribution in [0, 0.1) is 0 Å². The summed E-state index contributed by atoms with van der Waals surface area (Å²) in [5.41, 5.74) is 1.15. The van der Waals surface area contributed by atoms with Crippen LogP contribution < -0.4 is 10.6 Å². The number of amides is 1. The SMILES string of the molecule is CCN(Cc1ccccc1)C(=O)CNC(=NC)NCC1CCCS1.I. The zero-order chi connectivity index (χ0) is 17.2. The van der Waals surface area contributed by atoms with Gasteiger partial charge in [0, 0.05) is 31.9 Å². The fourth-order valence-electron chi connectivity index (χ4n) is 2.69. The molecule has 25 heavy (non-hydrogen) atoms. The van der Waals surface area contributed by atoms with E-state index in [1.807, 2.05) is 53.9 Å². The lowest BCUT2D eigenvalue weighted by Crippen LogP contribution is -2.45. The maximum Gasteiger partial charge on any atom is 0.242 e. The summed E-state index contributed by atoms with van der Waals surface area (Å²) in [6, 6.07) is 10.1. The molecule has 2 N–H and O–H groups in total. The number of thioether (sulfide) groups is 1. The number of carbonyl (C=O) groups is 1. The Hall–Kier alpha value is -0.960. The second kappa shape index (κ2) is 12.4. The molecular weight excluding hydrogens is 447 g/mol. The summed E-state index contributed by atoms with van der Waals surface area (Å²) in [4.78, 5) is 18.5. The van der Waals surface area contributed by atoms with Gasteiger partial charge in [-0.25, -0.2) is 0 Å². The number of guanidine groups is 1. The largest absolute Gasteiger partial charge is 0.355 e. The number of hydrogen-bond acceptors (Lipinski definition) is 3. The zero-order valence-corrected chi connectivity index (χ0v) is 18.2. The van der Waals surface area contributed by atoms with Crippen LogP contribution in [0.25, 0.3) is 0 Å². The first kappa shape index (κ1) is 22.1. The zero-order valence-electron chi connectivity index (χ0n) is 15.0. The van der Waals surface area contributed by atoms with E-state index >= 15 is 0 Å². The van der Waals surface area contributed by atoms with Crippen molar-refractivity contribution in [1.82, 2.24) is 15.5 Å². The van der Waals surface area contributed by atoms with Gasteiger partial charge in [0.15, 0.2) is 5.96 Å². The third-order valence-corrected chi connectivity index (χ3v) is 5.50. The van der Waals surface area contributed by atoms with Gasteiger partial charge in [-0.3, -0.25) is 9.79 Å². The highest BCUT2D eigenvalue weighted by Gasteiger charge is 2.16. The molecule has 0 bridgehead atoms. The minimum Gasteiger partial charge on any atom is -0.355 e. The summed E-state index contributed by atoms with van der Waals surface area (Å²) in [6.45, 7) is 4.51. The molecular formula is C18H29IN4OS. The van der Waals surface area contributed by atoms with Crippen molar-refractivity contribution in [2.45, 2.75) is 31.6 Å². The second-order valence-electron chi connectivity index (χ2n) is 5.84. The summed E-state index contributed by atoms with van der Waals surface area (Å²) in [7, 11) is 1.74. The molecule has 0 aliphatic carbocycles. The fourth-order valence-corrected chi connectivity index (χ4v) is 3.89. The molecule has 1 atom stereocenters. The maximum atomic E-state index is 12.4. The predicted octanol–water partition coefficient (Wildman–Crippen LogP) is 2.71. The minimum absolute atomic E-state index is 0. The van der Waals surface area contributed by atoms with Crippen LogP contribution in [0.3, 0.4) is 0 Å². The Bertz CT molecular complexity index is 535. The average molecular weight is 476 g/mol. The van der Waals surface area contributed by atoms with E-state index in [1.165, 1.54) is 18.6 Å². The highest BCUT2D eigenvalue weighted by molar-refractivity contribution is 14.0. The number of benzene rings is 1. The van der Waals surface area contributed by atoms with Crippen molar-refractivity contribution in [2.75, 3.05) is 32.4 Å². The molecule has 0 saturated carbocycles. The molecule has 0 radical (unpaired) electrons. The topological polar surface area (TPSA) is 56.7 Å². The van der Waals surface area contributed by atoms with E-state index in [0.29, 0.717) is 24.3 Å². The van der Waals surface area contributed by atoms with Gasteiger partial charge in [0.05, 0.1) is 6.54 Å². The Kier molecular flexibility index (Phi) is 11.0. The highest BCUT2D eigenvalue weighted by atomic mass is 127. The third-order valence-electron chi connectivity index (χ3n) is 4.10. The van der Waals surface area contributed by atoms with E-state index in [9.17, 15) is 4.79 Å².